The molecule has 0 bridgehead atoms. The van der Waals surface area contributed by atoms with Gasteiger partial charge in [0.15, 0.2) is 0 Å². The van der Waals surface area contributed by atoms with Crippen LogP contribution in [0.3, 0.4) is 0 Å². The Kier molecular flexibility index (Phi) is 5.70. The number of ether oxygens (including phenoxy) is 1. The van der Waals surface area contributed by atoms with Crippen LogP contribution in [0.1, 0.15) is 10.4 Å². The number of halogens is 3. The van der Waals surface area contributed by atoms with Crippen LogP contribution in [0.4, 0.5) is 18.9 Å². The third kappa shape index (κ3) is 5.34. The molecule has 0 aliphatic heterocycles. The molecule has 0 saturated carbocycles. The van der Waals surface area contributed by atoms with Crippen molar-refractivity contribution in [3.05, 3.63) is 48.2 Å². The summed E-state index contributed by atoms with van der Waals surface area (Å²) in [5.41, 5.74) is -0.0669. The molecule has 0 radical (unpaired) electrons. The SMILES string of the molecule is COc1ccc(NS(=O)(=O)c2cccc(C(=O)NCC(F)(F)F)c2)cn1. The van der Waals surface area contributed by atoms with Crippen LogP contribution in [0.15, 0.2) is 47.5 Å². The summed E-state index contributed by atoms with van der Waals surface area (Å²) in [6, 6.07) is 7.51. The maximum atomic E-state index is 12.4. The summed E-state index contributed by atoms with van der Waals surface area (Å²) in [5, 5.41) is 1.68. The first-order valence-corrected chi connectivity index (χ1v) is 8.57. The predicted octanol–water partition coefficient (Wildman–Crippen LogP) is 2.18. The van der Waals surface area contributed by atoms with Crippen molar-refractivity contribution in [2.24, 2.45) is 0 Å². The van der Waals surface area contributed by atoms with Crippen LogP contribution in [0.5, 0.6) is 5.88 Å². The summed E-state index contributed by atoms with van der Waals surface area (Å²) in [6.45, 7) is -1.52. The first-order chi connectivity index (χ1) is 12.1. The monoisotopic (exact) mass is 389 g/mol. The normalized spacial score (nSPS) is 11.7. The van der Waals surface area contributed by atoms with Gasteiger partial charge in [0.05, 0.1) is 23.9 Å². The zero-order valence-corrected chi connectivity index (χ0v) is 14.2. The summed E-state index contributed by atoms with van der Waals surface area (Å²) in [6.07, 6.45) is -3.33. The highest BCUT2D eigenvalue weighted by atomic mass is 32.2. The fraction of sp³-hybridized carbons (Fsp3) is 0.200. The van der Waals surface area contributed by atoms with Crippen molar-refractivity contribution in [1.82, 2.24) is 10.3 Å². The number of carbonyl (C=O) groups excluding carboxylic acids is 1. The zero-order chi connectivity index (χ0) is 19.4. The van der Waals surface area contributed by atoms with Gasteiger partial charge in [-0.1, -0.05) is 6.07 Å². The van der Waals surface area contributed by atoms with Crippen LogP contribution in [-0.4, -0.2) is 39.1 Å². The molecule has 140 valence electrons. The topological polar surface area (TPSA) is 97.4 Å². The number of benzene rings is 1. The highest BCUT2D eigenvalue weighted by Crippen LogP contribution is 2.18. The Balaban J connectivity index is 2.17. The lowest BCUT2D eigenvalue weighted by molar-refractivity contribution is -0.123. The molecule has 2 aromatic rings. The van der Waals surface area contributed by atoms with E-state index in [0.29, 0.717) is 0 Å². The zero-order valence-electron chi connectivity index (χ0n) is 13.4. The average molecular weight is 389 g/mol. The van der Waals surface area contributed by atoms with Gasteiger partial charge < -0.3 is 10.1 Å². The molecule has 0 unspecified atom stereocenters. The summed E-state index contributed by atoms with van der Waals surface area (Å²) < 4.78 is 68.3. The Hall–Kier alpha value is -2.82. The number of aromatic nitrogens is 1. The molecule has 2 rings (SSSR count). The minimum Gasteiger partial charge on any atom is -0.481 e. The second-order valence-electron chi connectivity index (χ2n) is 5.02. The maximum Gasteiger partial charge on any atom is 0.405 e. The van der Waals surface area contributed by atoms with E-state index in [1.807, 2.05) is 0 Å². The minimum absolute atomic E-state index is 0.151. The number of alkyl halides is 3. The van der Waals surface area contributed by atoms with Gasteiger partial charge in [0, 0.05) is 11.6 Å². The van der Waals surface area contributed by atoms with E-state index in [2.05, 4.69) is 9.71 Å². The smallest absolute Gasteiger partial charge is 0.405 e. The number of hydrogen-bond acceptors (Lipinski definition) is 5. The summed E-state index contributed by atoms with van der Waals surface area (Å²) in [4.78, 5) is 15.3. The van der Waals surface area contributed by atoms with Crippen molar-refractivity contribution in [3.8, 4) is 5.88 Å². The third-order valence-electron chi connectivity index (χ3n) is 3.05. The Morgan fingerprint density at radius 3 is 2.54 bits per heavy atom. The van der Waals surface area contributed by atoms with Crippen molar-refractivity contribution in [3.63, 3.8) is 0 Å². The van der Waals surface area contributed by atoms with Gasteiger partial charge >= 0.3 is 6.18 Å². The number of carbonyl (C=O) groups is 1. The van der Waals surface area contributed by atoms with E-state index in [0.717, 1.165) is 6.07 Å². The van der Waals surface area contributed by atoms with Gasteiger partial charge in [0.25, 0.3) is 15.9 Å². The fourth-order valence-corrected chi connectivity index (χ4v) is 2.95. The molecule has 1 amide bonds. The Morgan fingerprint density at radius 1 is 1.23 bits per heavy atom. The molecule has 7 nitrogen and oxygen atoms in total. The molecule has 1 heterocycles. The van der Waals surface area contributed by atoms with Crippen LogP contribution in [-0.2, 0) is 10.0 Å². The first-order valence-electron chi connectivity index (χ1n) is 7.08. The number of sulfonamides is 1. The largest absolute Gasteiger partial charge is 0.481 e. The second kappa shape index (κ2) is 7.60. The van der Waals surface area contributed by atoms with Gasteiger partial charge in [-0.15, -0.1) is 0 Å². The van der Waals surface area contributed by atoms with Crippen molar-refractivity contribution < 1.29 is 31.1 Å². The molecule has 0 aliphatic rings. The van der Waals surface area contributed by atoms with Gasteiger partial charge in [0.2, 0.25) is 5.88 Å². The molecule has 26 heavy (non-hydrogen) atoms. The van der Waals surface area contributed by atoms with Crippen molar-refractivity contribution in [2.75, 3.05) is 18.4 Å². The van der Waals surface area contributed by atoms with Gasteiger partial charge in [-0.05, 0) is 24.3 Å². The second-order valence-corrected chi connectivity index (χ2v) is 6.70. The van der Waals surface area contributed by atoms with Crippen molar-refractivity contribution in [2.45, 2.75) is 11.1 Å². The lowest BCUT2D eigenvalue weighted by Crippen LogP contribution is -2.33. The number of rotatable bonds is 6. The molecule has 1 aromatic carbocycles. The van der Waals surface area contributed by atoms with Crippen LogP contribution in [0, 0.1) is 0 Å². The van der Waals surface area contributed by atoms with Gasteiger partial charge in [-0.25, -0.2) is 13.4 Å². The van der Waals surface area contributed by atoms with Crippen LogP contribution >= 0.6 is 0 Å². The predicted molar refractivity (Wildman–Crippen MR) is 86.4 cm³/mol. The van der Waals surface area contributed by atoms with E-state index in [4.69, 9.17) is 4.74 Å². The van der Waals surface area contributed by atoms with Crippen LogP contribution in [0.2, 0.25) is 0 Å². The van der Waals surface area contributed by atoms with Crippen LogP contribution in [0.25, 0.3) is 0 Å². The van der Waals surface area contributed by atoms with E-state index in [1.165, 1.54) is 43.6 Å². The molecule has 2 N–H and O–H groups in total. The quantitative estimate of drug-likeness (QED) is 0.789. The molecule has 0 spiro atoms. The molecular formula is C15H14F3N3O4S. The Labute approximate surface area is 147 Å². The number of pyridine rings is 1. The van der Waals surface area contributed by atoms with Gasteiger partial charge in [-0.2, -0.15) is 13.2 Å². The Morgan fingerprint density at radius 2 is 1.96 bits per heavy atom. The van der Waals surface area contributed by atoms with E-state index in [-0.39, 0.29) is 22.0 Å². The standard InChI is InChI=1S/C15H14F3N3O4S/c1-25-13-6-5-11(8-19-13)21-26(23,24)12-4-2-3-10(7-12)14(22)20-9-15(16,17)18/h2-8,21H,9H2,1H3,(H,20,22). The molecule has 0 atom stereocenters. The molecule has 0 fully saturated rings. The number of methoxy groups -OCH3 is 1. The van der Waals surface area contributed by atoms with Crippen LogP contribution < -0.4 is 14.8 Å². The van der Waals surface area contributed by atoms with E-state index >= 15 is 0 Å². The summed E-state index contributed by atoms with van der Waals surface area (Å²) in [7, 11) is -2.66. The third-order valence-corrected chi connectivity index (χ3v) is 4.43. The maximum absolute atomic E-state index is 12.4. The van der Waals surface area contributed by atoms with Crippen molar-refractivity contribution >= 4 is 21.6 Å². The number of nitrogens with one attached hydrogen (secondary N) is 2. The molecule has 1 aromatic heterocycles. The first kappa shape index (κ1) is 19.5. The highest BCUT2D eigenvalue weighted by molar-refractivity contribution is 7.92. The summed E-state index contributed by atoms with van der Waals surface area (Å²) >= 11 is 0. The molecule has 0 saturated heterocycles. The molecule has 0 aliphatic carbocycles. The van der Waals surface area contributed by atoms with Gasteiger partial charge in [0.1, 0.15) is 6.54 Å². The number of amides is 1. The van der Waals surface area contributed by atoms with E-state index in [9.17, 15) is 26.4 Å². The minimum atomic E-state index is -4.57. The average Bonchev–Trinajstić information content (AvgIpc) is 2.59. The number of nitrogens with zero attached hydrogens (tertiary/aromatic N) is 1. The van der Waals surface area contributed by atoms with Crippen molar-refractivity contribution in [1.29, 1.82) is 0 Å². The summed E-state index contributed by atoms with van der Waals surface area (Å²) in [5.74, 6) is -0.748. The van der Waals surface area contributed by atoms with E-state index in [1.54, 1.807) is 5.32 Å². The fourth-order valence-electron chi connectivity index (χ4n) is 1.86. The number of anilines is 1. The number of hydrogen-bond donors (Lipinski definition) is 2. The molecular weight excluding hydrogens is 375 g/mol. The molecule has 11 heteroatoms. The lowest BCUT2D eigenvalue weighted by Gasteiger charge is -2.11. The highest BCUT2D eigenvalue weighted by Gasteiger charge is 2.28. The Bertz CT molecular complexity index is 884. The lowest BCUT2D eigenvalue weighted by atomic mass is 10.2. The van der Waals surface area contributed by atoms with E-state index < -0.39 is 28.7 Å². The van der Waals surface area contributed by atoms with Gasteiger partial charge in [-0.3, -0.25) is 9.52 Å².